The lowest BCUT2D eigenvalue weighted by Crippen LogP contribution is -2.15. The largest absolute Gasteiger partial charge is 0.439 e. The van der Waals surface area contributed by atoms with Crippen LogP contribution in [-0.2, 0) is 6.54 Å². The summed E-state index contributed by atoms with van der Waals surface area (Å²) < 4.78 is 6.96. The van der Waals surface area contributed by atoms with Crippen molar-refractivity contribution in [1.82, 2.24) is 10.3 Å². The molecule has 2 heterocycles. The standard InChI is InChI=1S/C11H11IN2OS/c12-10-3-7(6-16-10)9-4-14-11(15-9)5-13-8-1-2-8/h3-4,6,8,13H,1-2,5H2. The van der Waals surface area contributed by atoms with E-state index in [1.54, 1.807) is 11.3 Å². The monoisotopic (exact) mass is 346 g/mol. The van der Waals surface area contributed by atoms with E-state index in [1.165, 1.54) is 15.7 Å². The predicted molar refractivity (Wildman–Crippen MR) is 72.4 cm³/mol. The van der Waals surface area contributed by atoms with Gasteiger partial charge in [-0.1, -0.05) is 0 Å². The third-order valence-electron chi connectivity index (χ3n) is 2.52. The molecule has 0 aromatic carbocycles. The summed E-state index contributed by atoms with van der Waals surface area (Å²) in [5.41, 5.74) is 1.12. The molecule has 84 valence electrons. The van der Waals surface area contributed by atoms with Crippen LogP contribution in [0.15, 0.2) is 22.1 Å². The van der Waals surface area contributed by atoms with Crippen molar-refractivity contribution in [3.8, 4) is 11.3 Å². The molecule has 0 amide bonds. The Hall–Kier alpha value is -0.400. The number of rotatable bonds is 4. The molecule has 0 atom stereocenters. The van der Waals surface area contributed by atoms with Crippen molar-refractivity contribution in [3.05, 3.63) is 26.4 Å². The molecule has 1 saturated carbocycles. The molecule has 0 aliphatic heterocycles. The Kier molecular flexibility index (Phi) is 2.99. The minimum Gasteiger partial charge on any atom is -0.439 e. The van der Waals surface area contributed by atoms with Gasteiger partial charge in [0.1, 0.15) is 0 Å². The van der Waals surface area contributed by atoms with Gasteiger partial charge < -0.3 is 9.73 Å². The highest BCUT2D eigenvalue weighted by Gasteiger charge is 2.21. The van der Waals surface area contributed by atoms with E-state index < -0.39 is 0 Å². The lowest BCUT2D eigenvalue weighted by atomic mass is 10.3. The van der Waals surface area contributed by atoms with Crippen molar-refractivity contribution in [2.45, 2.75) is 25.4 Å². The molecular weight excluding hydrogens is 335 g/mol. The molecule has 0 radical (unpaired) electrons. The maximum Gasteiger partial charge on any atom is 0.208 e. The first-order chi connectivity index (χ1) is 7.81. The van der Waals surface area contributed by atoms with Gasteiger partial charge in [-0.05, 0) is 41.5 Å². The van der Waals surface area contributed by atoms with Crippen molar-refractivity contribution in [2.24, 2.45) is 0 Å². The van der Waals surface area contributed by atoms with Gasteiger partial charge in [0.2, 0.25) is 5.89 Å². The van der Waals surface area contributed by atoms with Crippen molar-refractivity contribution in [1.29, 1.82) is 0 Å². The fraction of sp³-hybridized carbons (Fsp3) is 0.364. The van der Waals surface area contributed by atoms with E-state index >= 15 is 0 Å². The van der Waals surface area contributed by atoms with Gasteiger partial charge in [0, 0.05) is 17.0 Å². The fourth-order valence-corrected chi connectivity index (χ4v) is 2.82. The SMILES string of the molecule is Ic1cc(-c2cnc(CNC3CC3)o2)cs1. The van der Waals surface area contributed by atoms with Crippen LogP contribution in [0.4, 0.5) is 0 Å². The molecule has 3 nitrogen and oxygen atoms in total. The van der Waals surface area contributed by atoms with Crippen LogP contribution in [0.2, 0.25) is 0 Å². The molecule has 16 heavy (non-hydrogen) atoms. The van der Waals surface area contributed by atoms with Crippen molar-refractivity contribution < 1.29 is 4.42 Å². The molecule has 3 rings (SSSR count). The summed E-state index contributed by atoms with van der Waals surface area (Å²) in [4.78, 5) is 4.27. The molecule has 5 heteroatoms. The summed E-state index contributed by atoms with van der Waals surface area (Å²) in [6.07, 6.45) is 4.38. The molecule has 0 spiro atoms. The van der Waals surface area contributed by atoms with Crippen LogP contribution in [0.5, 0.6) is 0 Å². The van der Waals surface area contributed by atoms with E-state index in [1.807, 2.05) is 6.20 Å². The van der Waals surface area contributed by atoms with E-state index in [0.29, 0.717) is 6.04 Å². The second-order valence-electron chi connectivity index (χ2n) is 3.91. The molecule has 1 N–H and O–H groups in total. The van der Waals surface area contributed by atoms with Gasteiger partial charge in [-0.15, -0.1) is 11.3 Å². The van der Waals surface area contributed by atoms with E-state index in [0.717, 1.165) is 23.8 Å². The lowest BCUT2D eigenvalue weighted by Gasteiger charge is -1.96. The van der Waals surface area contributed by atoms with Gasteiger partial charge in [-0.3, -0.25) is 0 Å². The number of hydrogen-bond donors (Lipinski definition) is 1. The molecule has 1 fully saturated rings. The van der Waals surface area contributed by atoms with Crippen molar-refractivity contribution >= 4 is 33.9 Å². The van der Waals surface area contributed by atoms with Gasteiger partial charge in [0.15, 0.2) is 5.76 Å². The summed E-state index contributed by atoms with van der Waals surface area (Å²) in [7, 11) is 0. The first-order valence-electron chi connectivity index (χ1n) is 5.24. The normalized spacial score (nSPS) is 15.6. The smallest absolute Gasteiger partial charge is 0.208 e. The van der Waals surface area contributed by atoms with Gasteiger partial charge >= 0.3 is 0 Å². The van der Waals surface area contributed by atoms with Crippen LogP contribution < -0.4 is 5.32 Å². The van der Waals surface area contributed by atoms with Crippen LogP contribution in [0, 0.1) is 2.88 Å². The fourth-order valence-electron chi connectivity index (χ4n) is 1.48. The van der Waals surface area contributed by atoms with Crippen LogP contribution in [0.25, 0.3) is 11.3 Å². The second-order valence-corrected chi connectivity index (χ2v) is 6.72. The Bertz CT molecular complexity index is 490. The van der Waals surface area contributed by atoms with Crippen LogP contribution in [0.3, 0.4) is 0 Å². The van der Waals surface area contributed by atoms with Gasteiger partial charge in [0.05, 0.1) is 15.6 Å². The highest BCUT2D eigenvalue weighted by atomic mass is 127. The van der Waals surface area contributed by atoms with Crippen LogP contribution >= 0.6 is 33.9 Å². The second kappa shape index (κ2) is 4.46. The third-order valence-corrected chi connectivity index (χ3v) is 4.31. The lowest BCUT2D eigenvalue weighted by molar-refractivity contribution is 0.477. The predicted octanol–water partition coefficient (Wildman–Crippen LogP) is 3.26. The maximum absolute atomic E-state index is 5.69. The highest BCUT2D eigenvalue weighted by molar-refractivity contribution is 14.1. The molecule has 0 unspecified atom stereocenters. The summed E-state index contributed by atoms with van der Waals surface area (Å²) in [5, 5.41) is 5.49. The first-order valence-corrected chi connectivity index (χ1v) is 7.19. The van der Waals surface area contributed by atoms with Gasteiger partial charge in [-0.25, -0.2) is 4.98 Å². The molecule has 2 aromatic heterocycles. The average molecular weight is 346 g/mol. The van der Waals surface area contributed by atoms with Crippen molar-refractivity contribution in [2.75, 3.05) is 0 Å². The Balaban J connectivity index is 1.71. The molecular formula is C11H11IN2OS. The molecule has 1 aliphatic rings. The zero-order valence-electron chi connectivity index (χ0n) is 8.57. The van der Waals surface area contributed by atoms with E-state index in [9.17, 15) is 0 Å². The number of oxazole rings is 1. The van der Waals surface area contributed by atoms with E-state index in [-0.39, 0.29) is 0 Å². The third kappa shape index (κ3) is 2.46. The Labute approximate surface area is 111 Å². The van der Waals surface area contributed by atoms with E-state index in [4.69, 9.17) is 4.42 Å². The number of nitrogens with zero attached hydrogens (tertiary/aromatic N) is 1. The topological polar surface area (TPSA) is 38.1 Å². The van der Waals surface area contributed by atoms with Crippen LogP contribution in [0.1, 0.15) is 18.7 Å². The Morgan fingerprint density at radius 3 is 3.12 bits per heavy atom. The number of nitrogens with one attached hydrogen (secondary N) is 1. The summed E-state index contributed by atoms with van der Waals surface area (Å²) in [6, 6.07) is 2.81. The summed E-state index contributed by atoms with van der Waals surface area (Å²) in [6.45, 7) is 0.742. The zero-order chi connectivity index (χ0) is 11.0. The first kappa shape index (κ1) is 10.7. The van der Waals surface area contributed by atoms with E-state index in [2.05, 4.69) is 44.3 Å². The summed E-state index contributed by atoms with van der Waals surface area (Å²) >= 11 is 4.03. The number of thiophene rings is 1. The maximum atomic E-state index is 5.69. The molecule has 0 saturated heterocycles. The minimum atomic E-state index is 0.692. The minimum absolute atomic E-state index is 0.692. The number of hydrogen-bond acceptors (Lipinski definition) is 4. The van der Waals surface area contributed by atoms with Crippen molar-refractivity contribution in [3.63, 3.8) is 0 Å². The van der Waals surface area contributed by atoms with Gasteiger partial charge in [0.25, 0.3) is 0 Å². The summed E-state index contributed by atoms with van der Waals surface area (Å²) in [5.74, 6) is 1.65. The Morgan fingerprint density at radius 1 is 1.56 bits per heavy atom. The molecule has 2 aromatic rings. The van der Waals surface area contributed by atoms with Gasteiger partial charge in [-0.2, -0.15) is 0 Å². The number of aromatic nitrogens is 1. The molecule has 0 bridgehead atoms. The number of halogens is 1. The Morgan fingerprint density at radius 2 is 2.44 bits per heavy atom. The van der Waals surface area contributed by atoms with Crippen LogP contribution in [-0.4, -0.2) is 11.0 Å². The molecule has 1 aliphatic carbocycles. The quantitative estimate of drug-likeness (QED) is 0.864. The zero-order valence-corrected chi connectivity index (χ0v) is 11.5. The highest BCUT2D eigenvalue weighted by Crippen LogP contribution is 2.27. The average Bonchev–Trinajstić information content (AvgIpc) is 2.81.